The van der Waals surface area contributed by atoms with Crippen LogP contribution < -0.4 is 0 Å². The highest BCUT2D eigenvalue weighted by Crippen LogP contribution is 2.37. The first kappa shape index (κ1) is 31.7. The molecule has 5 nitrogen and oxygen atoms in total. The monoisotopic (exact) mass is 502 g/mol. The van der Waals surface area contributed by atoms with E-state index < -0.39 is 30.1 Å². The minimum atomic E-state index is -3.33. The third-order valence-electron chi connectivity index (χ3n) is 6.98. The zero-order valence-corrected chi connectivity index (χ0v) is 22.3. The smallest absolute Gasteiger partial charge is 0.306 e. The average molecular weight is 503 g/mol. The Labute approximate surface area is 210 Å². The standard InChI is InChI=1S/C28H48F2O5/c1-20(2)13-11-12-18-28(29,30)26(33)17-16-23-22(24(31)19-25(23)32)14-9-7-5-6-8-10-15-27(34)35-21(3)4/h20-23,25,32H,5-19H2,1-4H3/t22-,23-,25-/m1/s1. The van der Waals surface area contributed by atoms with Crippen molar-refractivity contribution >= 4 is 17.5 Å². The number of ether oxygens (including phenoxy) is 1. The number of ketones is 2. The number of unbranched alkanes of at least 4 members (excludes halogenated alkanes) is 6. The van der Waals surface area contributed by atoms with Crippen LogP contribution in [-0.4, -0.2) is 40.8 Å². The Morgan fingerprint density at radius 3 is 2.20 bits per heavy atom. The van der Waals surface area contributed by atoms with E-state index in [9.17, 15) is 28.3 Å². The number of hydrogen-bond donors (Lipinski definition) is 1. The Morgan fingerprint density at radius 1 is 0.943 bits per heavy atom. The number of halogens is 2. The molecule has 0 spiro atoms. The van der Waals surface area contributed by atoms with Gasteiger partial charge in [0, 0.05) is 31.6 Å². The second kappa shape index (κ2) is 16.4. The number of esters is 1. The average Bonchev–Trinajstić information content (AvgIpc) is 3.02. The molecule has 1 aliphatic carbocycles. The van der Waals surface area contributed by atoms with Gasteiger partial charge in [-0.05, 0) is 51.4 Å². The SMILES string of the molecule is CC(C)CCCCC(F)(F)C(=O)CC[C@H]1[C@H](O)CC(=O)[C@@H]1CCCCCCCCC(=O)OC(C)C. The zero-order valence-electron chi connectivity index (χ0n) is 22.3. The molecule has 0 heterocycles. The van der Waals surface area contributed by atoms with Gasteiger partial charge in [-0.15, -0.1) is 0 Å². The lowest BCUT2D eigenvalue weighted by Gasteiger charge is -2.22. The molecule has 1 rings (SSSR count). The molecule has 0 aromatic carbocycles. The van der Waals surface area contributed by atoms with Crippen molar-refractivity contribution in [1.29, 1.82) is 0 Å². The van der Waals surface area contributed by atoms with Crippen molar-refractivity contribution in [3.63, 3.8) is 0 Å². The van der Waals surface area contributed by atoms with E-state index in [1.54, 1.807) is 0 Å². The van der Waals surface area contributed by atoms with E-state index in [2.05, 4.69) is 0 Å². The van der Waals surface area contributed by atoms with Crippen LogP contribution >= 0.6 is 0 Å². The number of aliphatic hydroxyl groups excluding tert-OH is 1. The van der Waals surface area contributed by atoms with Crippen molar-refractivity contribution in [2.45, 2.75) is 142 Å². The van der Waals surface area contributed by atoms with Gasteiger partial charge >= 0.3 is 11.9 Å². The van der Waals surface area contributed by atoms with Crippen LogP contribution in [0.25, 0.3) is 0 Å². The lowest BCUT2D eigenvalue weighted by molar-refractivity contribution is -0.147. The van der Waals surface area contributed by atoms with E-state index in [4.69, 9.17) is 4.74 Å². The van der Waals surface area contributed by atoms with Crippen LogP contribution in [0.5, 0.6) is 0 Å². The molecule has 1 fully saturated rings. The van der Waals surface area contributed by atoms with Crippen molar-refractivity contribution in [2.75, 3.05) is 0 Å². The quantitative estimate of drug-likeness (QED) is 0.155. The molecule has 0 aromatic rings. The molecule has 1 saturated carbocycles. The van der Waals surface area contributed by atoms with Gasteiger partial charge in [-0.1, -0.05) is 58.8 Å². The molecule has 35 heavy (non-hydrogen) atoms. The fourth-order valence-corrected chi connectivity index (χ4v) is 4.97. The lowest BCUT2D eigenvalue weighted by Crippen LogP contribution is -2.30. The van der Waals surface area contributed by atoms with E-state index in [0.29, 0.717) is 31.6 Å². The Kier molecular flexibility index (Phi) is 14.8. The molecule has 0 aliphatic heterocycles. The largest absolute Gasteiger partial charge is 0.463 e. The molecule has 0 bridgehead atoms. The van der Waals surface area contributed by atoms with E-state index in [-0.39, 0.29) is 43.0 Å². The zero-order chi connectivity index (χ0) is 26.4. The first-order valence-electron chi connectivity index (χ1n) is 13.8. The minimum absolute atomic E-state index is 0.0148. The summed E-state index contributed by atoms with van der Waals surface area (Å²) in [6.45, 7) is 7.75. The summed E-state index contributed by atoms with van der Waals surface area (Å²) in [7, 11) is 0. The Morgan fingerprint density at radius 2 is 1.57 bits per heavy atom. The third kappa shape index (κ3) is 12.9. The summed E-state index contributed by atoms with van der Waals surface area (Å²) < 4.78 is 33.6. The summed E-state index contributed by atoms with van der Waals surface area (Å²) in [6.07, 6.45) is 7.02. The van der Waals surface area contributed by atoms with Crippen LogP contribution in [0.1, 0.15) is 124 Å². The summed E-state index contributed by atoms with van der Waals surface area (Å²) in [5.41, 5.74) is 0. The number of hydrogen-bond acceptors (Lipinski definition) is 5. The van der Waals surface area contributed by atoms with Crippen LogP contribution in [-0.2, 0) is 19.1 Å². The van der Waals surface area contributed by atoms with Gasteiger partial charge in [0.05, 0.1) is 12.2 Å². The van der Waals surface area contributed by atoms with Gasteiger partial charge in [-0.2, -0.15) is 8.78 Å². The molecular formula is C28H48F2O5. The van der Waals surface area contributed by atoms with Gasteiger partial charge in [0.2, 0.25) is 5.78 Å². The highest BCUT2D eigenvalue weighted by molar-refractivity contribution is 5.86. The van der Waals surface area contributed by atoms with Crippen molar-refractivity contribution < 1.29 is 33.0 Å². The van der Waals surface area contributed by atoms with Gasteiger partial charge in [-0.3, -0.25) is 14.4 Å². The lowest BCUT2D eigenvalue weighted by atomic mass is 9.85. The molecule has 0 aromatic heterocycles. The van der Waals surface area contributed by atoms with Crippen LogP contribution in [0.15, 0.2) is 0 Å². The highest BCUT2D eigenvalue weighted by Gasteiger charge is 2.43. The molecule has 0 saturated heterocycles. The van der Waals surface area contributed by atoms with Crippen molar-refractivity contribution in [1.82, 2.24) is 0 Å². The van der Waals surface area contributed by atoms with Crippen LogP contribution in [0.4, 0.5) is 8.78 Å². The topological polar surface area (TPSA) is 80.7 Å². The number of aliphatic hydroxyl groups is 1. The Bertz CT molecular complexity index is 647. The molecular weight excluding hydrogens is 454 g/mol. The second-order valence-electron chi connectivity index (χ2n) is 11.0. The summed E-state index contributed by atoms with van der Waals surface area (Å²) in [5, 5.41) is 10.3. The number of alkyl halides is 2. The number of Topliss-reactive ketones (excluding diaryl/α,β-unsaturated/α-hetero) is 2. The van der Waals surface area contributed by atoms with E-state index in [1.165, 1.54) is 0 Å². The second-order valence-corrected chi connectivity index (χ2v) is 11.0. The molecule has 204 valence electrons. The van der Waals surface area contributed by atoms with Crippen LogP contribution in [0, 0.1) is 17.8 Å². The number of carbonyl (C=O) groups excluding carboxylic acids is 3. The van der Waals surface area contributed by atoms with Crippen molar-refractivity contribution in [3.05, 3.63) is 0 Å². The Hall–Kier alpha value is -1.37. The minimum Gasteiger partial charge on any atom is -0.463 e. The maximum atomic E-state index is 14.3. The van der Waals surface area contributed by atoms with Crippen molar-refractivity contribution in [2.24, 2.45) is 17.8 Å². The molecule has 0 radical (unpaired) electrons. The molecule has 1 aliphatic rings. The first-order valence-corrected chi connectivity index (χ1v) is 13.8. The Balaban J connectivity index is 2.31. The number of rotatable bonds is 19. The molecule has 0 amide bonds. The molecule has 0 unspecified atom stereocenters. The van der Waals surface area contributed by atoms with Gasteiger partial charge < -0.3 is 9.84 Å². The van der Waals surface area contributed by atoms with Gasteiger partial charge in [-0.25, -0.2) is 0 Å². The van der Waals surface area contributed by atoms with Gasteiger partial charge in [0.25, 0.3) is 0 Å². The van der Waals surface area contributed by atoms with Gasteiger partial charge in [0.1, 0.15) is 5.78 Å². The fourth-order valence-electron chi connectivity index (χ4n) is 4.97. The van der Waals surface area contributed by atoms with E-state index in [0.717, 1.165) is 44.9 Å². The molecule has 1 N–H and O–H groups in total. The summed E-state index contributed by atoms with van der Waals surface area (Å²) in [6, 6.07) is 0. The first-order chi connectivity index (χ1) is 16.4. The summed E-state index contributed by atoms with van der Waals surface area (Å²) in [4.78, 5) is 36.1. The molecule has 3 atom stereocenters. The highest BCUT2D eigenvalue weighted by atomic mass is 19.3. The number of carbonyl (C=O) groups is 3. The normalized spacial score (nSPS) is 20.7. The third-order valence-corrected chi connectivity index (χ3v) is 6.98. The molecule has 7 heteroatoms. The summed E-state index contributed by atoms with van der Waals surface area (Å²) in [5.74, 6) is -4.86. The van der Waals surface area contributed by atoms with Crippen molar-refractivity contribution in [3.8, 4) is 0 Å². The maximum Gasteiger partial charge on any atom is 0.306 e. The predicted octanol–water partition coefficient (Wildman–Crippen LogP) is 6.83. The van der Waals surface area contributed by atoms with E-state index in [1.807, 2.05) is 27.7 Å². The van der Waals surface area contributed by atoms with Crippen LogP contribution in [0.2, 0.25) is 0 Å². The van der Waals surface area contributed by atoms with Gasteiger partial charge in [0.15, 0.2) is 0 Å². The predicted molar refractivity (Wildman–Crippen MR) is 133 cm³/mol. The fraction of sp³-hybridized carbons (Fsp3) is 0.893. The van der Waals surface area contributed by atoms with Crippen LogP contribution in [0.3, 0.4) is 0 Å². The summed E-state index contributed by atoms with van der Waals surface area (Å²) >= 11 is 0. The maximum absolute atomic E-state index is 14.3. The van der Waals surface area contributed by atoms with E-state index >= 15 is 0 Å².